The zero-order valence-corrected chi connectivity index (χ0v) is 18.2. The average molecular weight is 468 g/mol. The Morgan fingerprint density at radius 1 is 1.31 bits per heavy atom. The van der Waals surface area contributed by atoms with Crippen LogP contribution in [0.25, 0.3) is 20.3 Å². The molecular weight excluding hydrogens is 453 g/mol. The predicted octanol–water partition coefficient (Wildman–Crippen LogP) is 5.26. The van der Waals surface area contributed by atoms with Gasteiger partial charge in [0.05, 0.1) is 10.2 Å². The first-order valence-electron chi connectivity index (χ1n) is 8.32. The summed E-state index contributed by atoms with van der Waals surface area (Å²) in [5.74, 6) is -0.580. The molecule has 0 saturated heterocycles. The number of aromatic nitrogens is 1. The third-order valence-corrected chi connectivity index (χ3v) is 6.74. The van der Waals surface area contributed by atoms with Crippen LogP contribution in [0.4, 0.5) is 10.8 Å². The largest absolute Gasteiger partial charge is 0.375 e. The molecule has 0 aliphatic rings. The van der Waals surface area contributed by atoms with Crippen LogP contribution in [0.5, 0.6) is 0 Å². The lowest BCUT2D eigenvalue weighted by atomic mass is 10.1. The van der Waals surface area contributed by atoms with Crippen LogP contribution in [0, 0.1) is 0 Å². The molecule has 7 nitrogen and oxygen atoms in total. The Bertz CT molecular complexity index is 1280. The number of fused-ring (bicyclic) bond motifs is 2. The second-order valence-corrected chi connectivity index (χ2v) is 10.6. The molecule has 0 aliphatic heterocycles. The highest BCUT2D eigenvalue weighted by atomic mass is 35.5. The van der Waals surface area contributed by atoms with E-state index < -0.39 is 19.6 Å². The van der Waals surface area contributed by atoms with E-state index in [-0.39, 0.29) is 0 Å². The summed E-state index contributed by atoms with van der Waals surface area (Å²) in [6.07, 6.45) is -1.29. The molecule has 2 aromatic heterocycles. The van der Waals surface area contributed by atoms with Gasteiger partial charge >= 0.3 is 7.60 Å². The number of anilines is 2. The number of amides is 1. The maximum Gasteiger partial charge on any atom is 0.326 e. The van der Waals surface area contributed by atoms with E-state index in [1.54, 1.807) is 35.7 Å². The third-order valence-electron chi connectivity index (χ3n) is 4.06. The van der Waals surface area contributed by atoms with E-state index in [1.165, 1.54) is 22.7 Å². The number of benzene rings is 2. The van der Waals surface area contributed by atoms with Gasteiger partial charge in [-0.1, -0.05) is 22.9 Å². The normalized spacial score (nSPS) is 14.7. The molecule has 0 bridgehead atoms. The number of carbonyl (C=O) groups is 1. The van der Waals surface area contributed by atoms with Crippen molar-refractivity contribution in [2.24, 2.45) is 0 Å². The molecule has 4 rings (SSSR count). The van der Waals surface area contributed by atoms with Crippen LogP contribution < -0.4 is 11.1 Å². The van der Waals surface area contributed by atoms with Crippen molar-refractivity contribution in [2.75, 3.05) is 17.7 Å². The number of carbonyl (C=O) groups excluding carboxylic acids is 1. The molecule has 150 valence electrons. The van der Waals surface area contributed by atoms with Crippen LogP contribution in [-0.4, -0.2) is 22.4 Å². The van der Waals surface area contributed by atoms with Gasteiger partial charge in [0.1, 0.15) is 0 Å². The number of rotatable bonds is 5. The van der Waals surface area contributed by atoms with E-state index in [1.807, 2.05) is 6.07 Å². The molecular formula is C18H15ClN3O4PS2. The van der Waals surface area contributed by atoms with Crippen molar-refractivity contribution in [3.8, 4) is 0 Å². The monoisotopic (exact) mass is 467 g/mol. The first kappa shape index (κ1) is 20.3. The third kappa shape index (κ3) is 4.45. The molecule has 1 amide bonds. The van der Waals surface area contributed by atoms with Crippen LogP contribution in [-0.2, 0) is 13.9 Å². The Labute approximate surface area is 178 Å². The summed E-state index contributed by atoms with van der Waals surface area (Å²) >= 11 is 8.83. The molecule has 4 aromatic rings. The summed E-state index contributed by atoms with van der Waals surface area (Å²) in [6, 6.07) is 10.5. The average Bonchev–Trinajstić information content (AvgIpc) is 3.20. The van der Waals surface area contributed by atoms with Crippen LogP contribution in [0.3, 0.4) is 0 Å². The fourth-order valence-corrected chi connectivity index (χ4v) is 5.34. The van der Waals surface area contributed by atoms with Crippen molar-refractivity contribution < 1.29 is 18.8 Å². The highest BCUT2D eigenvalue weighted by Gasteiger charge is 2.30. The lowest BCUT2D eigenvalue weighted by molar-refractivity contribution is -0.123. The number of nitrogen functional groups attached to an aromatic ring is 1. The summed E-state index contributed by atoms with van der Waals surface area (Å²) in [4.78, 5) is 27.0. The Balaban J connectivity index is 1.70. The summed E-state index contributed by atoms with van der Waals surface area (Å²) < 4.78 is 19.0. The van der Waals surface area contributed by atoms with E-state index in [2.05, 4.69) is 10.3 Å². The molecule has 2 unspecified atom stereocenters. The van der Waals surface area contributed by atoms with Gasteiger partial charge in [-0.05, 0) is 41.8 Å². The van der Waals surface area contributed by atoms with Crippen LogP contribution >= 0.6 is 41.9 Å². The number of halogens is 1. The van der Waals surface area contributed by atoms with Crippen LogP contribution in [0.15, 0.2) is 41.8 Å². The van der Waals surface area contributed by atoms with Crippen molar-refractivity contribution in [1.29, 1.82) is 0 Å². The fraction of sp³-hybridized carbons (Fsp3) is 0.111. The molecule has 0 aliphatic carbocycles. The summed E-state index contributed by atoms with van der Waals surface area (Å²) in [6.45, 7) is 1.04. The molecule has 0 radical (unpaired) electrons. The Morgan fingerprint density at radius 2 is 2.07 bits per heavy atom. The maximum absolute atomic E-state index is 13.0. The highest BCUT2D eigenvalue weighted by Crippen LogP contribution is 2.45. The first-order chi connectivity index (χ1) is 13.7. The highest BCUT2D eigenvalue weighted by molar-refractivity contribution is 7.51. The van der Waals surface area contributed by atoms with Gasteiger partial charge in [0.15, 0.2) is 11.2 Å². The standard InChI is InChI=1S/C18H15ClN3O4PS2/c1-27(24,25)26-16(12-8-28-14-4-2-9(19)6-11(12)14)17(23)21-10-3-5-15-13(7-10)22-18(20)29-15/h2-8,16H,1H3,(H2,20,22)(H,21,23)(H,24,25). The first-order valence-corrected chi connectivity index (χ1v) is 12.4. The van der Waals surface area contributed by atoms with Crippen molar-refractivity contribution in [3.05, 3.63) is 52.4 Å². The Morgan fingerprint density at radius 3 is 2.83 bits per heavy atom. The van der Waals surface area contributed by atoms with Gasteiger partial charge in [0, 0.05) is 33.0 Å². The SMILES string of the molecule is CP(=O)(O)OC(C(=O)Nc1ccc2sc(N)nc2c1)c1csc2ccc(Cl)cc12. The van der Waals surface area contributed by atoms with Crippen molar-refractivity contribution in [1.82, 2.24) is 4.98 Å². The molecule has 2 atom stereocenters. The molecule has 29 heavy (non-hydrogen) atoms. The van der Waals surface area contributed by atoms with Gasteiger partial charge in [-0.15, -0.1) is 11.3 Å². The summed E-state index contributed by atoms with van der Waals surface area (Å²) in [5, 5.41) is 6.08. The van der Waals surface area contributed by atoms with Crippen molar-refractivity contribution in [3.63, 3.8) is 0 Å². The summed E-state index contributed by atoms with van der Waals surface area (Å²) in [7, 11) is -3.96. The number of nitrogens with two attached hydrogens (primary N) is 1. The molecule has 2 heterocycles. The lowest BCUT2D eigenvalue weighted by Crippen LogP contribution is -2.22. The van der Waals surface area contributed by atoms with E-state index in [4.69, 9.17) is 21.9 Å². The minimum absolute atomic E-state index is 0.429. The van der Waals surface area contributed by atoms with Crippen LogP contribution in [0.2, 0.25) is 5.02 Å². The van der Waals surface area contributed by atoms with E-state index in [0.29, 0.717) is 32.3 Å². The zero-order chi connectivity index (χ0) is 20.8. The molecule has 0 fully saturated rings. The topological polar surface area (TPSA) is 115 Å². The van der Waals surface area contributed by atoms with Crippen LogP contribution in [0.1, 0.15) is 11.7 Å². The maximum atomic E-state index is 13.0. The number of thiophene rings is 1. The number of thiazole rings is 1. The molecule has 4 N–H and O–H groups in total. The quantitative estimate of drug-likeness (QED) is 0.345. The van der Waals surface area contributed by atoms with Gasteiger partial charge in [-0.25, -0.2) is 4.98 Å². The molecule has 11 heteroatoms. The minimum Gasteiger partial charge on any atom is -0.375 e. The Hall–Kier alpha value is -2.00. The fourth-order valence-electron chi connectivity index (χ4n) is 2.90. The Kier molecular flexibility index (Phi) is 5.37. The second-order valence-electron chi connectivity index (χ2n) is 6.34. The predicted molar refractivity (Wildman–Crippen MR) is 119 cm³/mol. The van der Waals surface area contributed by atoms with E-state index in [0.717, 1.165) is 16.1 Å². The van der Waals surface area contributed by atoms with Crippen molar-refractivity contribution in [2.45, 2.75) is 6.10 Å². The van der Waals surface area contributed by atoms with Gasteiger partial charge in [-0.2, -0.15) is 0 Å². The summed E-state index contributed by atoms with van der Waals surface area (Å²) in [5.41, 5.74) is 7.32. The number of nitrogens with zero attached hydrogens (tertiary/aromatic N) is 1. The number of hydrogen-bond donors (Lipinski definition) is 3. The van der Waals surface area contributed by atoms with Gasteiger partial charge in [0.25, 0.3) is 5.91 Å². The van der Waals surface area contributed by atoms with Crippen molar-refractivity contribution >= 4 is 78.9 Å². The number of nitrogens with one attached hydrogen (secondary N) is 1. The second kappa shape index (κ2) is 7.68. The minimum atomic E-state index is -3.96. The molecule has 0 spiro atoms. The van der Waals surface area contributed by atoms with E-state index >= 15 is 0 Å². The number of hydrogen-bond acceptors (Lipinski definition) is 7. The molecule has 2 aromatic carbocycles. The van der Waals surface area contributed by atoms with Gasteiger partial charge in [-0.3, -0.25) is 13.9 Å². The van der Waals surface area contributed by atoms with Gasteiger partial charge < -0.3 is 15.9 Å². The smallest absolute Gasteiger partial charge is 0.326 e. The molecule has 0 saturated carbocycles. The zero-order valence-electron chi connectivity index (χ0n) is 15.0. The van der Waals surface area contributed by atoms with E-state index in [9.17, 15) is 14.3 Å². The van der Waals surface area contributed by atoms with Gasteiger partial charge in [0.2, 0.25) is 0 Å². The lowest BCUT2D eigenvalue weighted by Gasteiger charge is -2.19.